The first-order chi connectivity index (χ1) is 14.9. The Bertz CT molecular complexity index is 1090. The molecule has 166 valence electrons. The Morgan fingerprint density at radius 3 is 2.87 bits per heavy atom. The molecule has 0 aliphatic carbocycles. The second-order valence-corrected chi connectivity index (χ2v) is 9.64. The number of ether oxygens (including phenoxy) is 2. The first kappa shape index (κ1) is 21.9. The number of hydrogen-bond donors (Lipinski definition) is 1. The number of rotatable bonds is 6. The van der Waals surface area contributed by atoms with E-state index in [0.717, 1.165) is 17.1 Å². The maximum absolute atomic E-state index is 13.0. The van der Waals surface area contributed by atoms with Crippen LogP contribution >= 0.6 is 11.6 Å². The molecule has 3 heterocycles. The Hall–Kier alpha value is -2.27. The SMILES string of the molecule is CCOC(=O)CN1Cc2ccc(-c3nc(NC4CCOCC4)ncc3Cl)cc2S1(=O)=O. The fourth-order valence-electron chi connectivity index (χ4n) is 3.64. The summed E-state index contributed by atoms with van der Waals surface area (Å²) in [6.07, 6.45) is 3.21. The van der Waals surface area contributed by atoms with E-state index in [-0.39, 0.29) is 30.6 Å². The summed E-state index contributed by atoms with van der Waals surface area (Å²) in [4.78, 5) is 20.7. The van der Waals surface area contributed by atoms with Gasteiger partial charge in [0, 0.05) is 31.4 Å². The van der Waals surface area contributed by atoms with Gasteiger partial charge in [-0.2, -0.15) is 4.31 Å². The van der Waals surface area contributed by atoms with Crippen molar-refractivity contribution in [2.45, 2.75) is 37.2 Å². The van der Waals surface area contributed by atoms with Crippen LogP contribution in [-0.4, -0.2) is 61.1 Å². The van der Waals surface area contributed by atoms with Crippen LogP contribution in [0.1, 0.15) is 25.3 Å². The van der Waals surface area contributed by atoms with E-state index in [4.69, 9.17) is 21.1 Å². The van der Waals surface area contributed by atoms with Crippen LogP contribution in [0.4, 0.5) is 5.95 Å². The van der Waals surface area contributed by atoms with Gasteiger partial charge >= 0.3 is 5.97 Å². The number of aromatic nitrogens is 2. The number of benzene rings is 1. The summed E-state index contributed by atoms with van der Waals surface area (Å²) in [5.74, 6) is -0.152. The maximum atomic E-state index is 13.0. The van der Waals surface area contributed by atoms with Gasteiger partial charge < -0.3 is 14.8 Å². The minimum absolute atomic E-state index is 0.116. The molecule has 9 nitrogen and oxygen atoms in total. The lowest BCUT2D eigenvalue weighted by Crippen LogP contribution is -2.31. The lowest BCUT2D eigenvalue weighted by molar-refractivity contribution is -0.143. The molecule has 0 unspecified atom stereocenters. The minimum Gasteiger partial charge on any atom is -0.465 e. The second-order valence-electron chi connectivity index (χ2n) is 7.32. The first-order valence-electron chi connectivity index (χ1n) is 10.0. The molecule has 31 heavy (non-hydrogen) atoms. The van der Waals surface area contributed by atoms with Gasteiger partial charge in [-0.05, 0) is 31.4 Å². The zero-order valence-corrected chi connectivity index (χ0v) is 18.6. The summed E-state index contributed by atoms with van der Waals surface area (Å²) in [6.45, 7) is 3.03. The summed E-state index contributed by atoms with van der Waals surface area (Å²) in [5, 5.41) is 3.60. The van der Waals surface area contributed by atoms with Crippen molar-refractivity contribution in [3.8, 4) is 11.3 Å². The average molecular weight is 467 g/mol. The molecule has 4 rings (SSSR count). The van der Waals surface area contributed by atoms with Crippen LogP contribution in [0.25, 0.3) is 11.3 Å². The summed E-state index contributed by atoms with van der Waals surface area (Å²) in [7, 11) is -3.82. The summed E-state index contributed by atoms with van der Waals surface area (Å²) < 4.78 is 37.3. The quantitative estimate of drug-likeness (QED) is 0.646. The number of carbonyl (C=O) groups is 1. The van der Waals surface area contributed by atoms with E-state index in [2.05, 4.69) is 15.3 Å². The van der Waals surface area contributed by atoms with Crippen molar-refractivity contribution in [2.75, 3.05) is 31.7 Å². The molecular formula is C20H23ClN4O5S. The highest BCUT2D eigenvalue weighted by Crippen LogP contribution is 2.35. The molecule has 1 fully saturated rings. The molecule has 0 bridgehead atoms. The Kier molecular flexibility index (Phi) is 6.42. The van der Waals surface area contributed by atoms with Gasteiger partial charge in [-0.3, -0.25) is 4.79 Å². The summed E-state index contributed by atoms with van der Waals surface area (Å²) >= 11 is 6.33. The van der Waals surface area contributed by atoms with Crippen molar-refractivity contribution < 1.29 is 22.7 Å². The van der Waals surface area contributed by atoms with Crippen LogP contribution in [0, 0.1) is 0 Å². The molecule has 2 aromatic rings. The van der Waals surface area contributed by atoms with E-state index < -0.39 is 16.0 Å². The first-order valence-corrected chi connectivity index (χ1v) is 11.9. The number of hydrogen-bond acceptors (Lipinski definition) is 8. The highest BCUT2D eigenvalue weighted by atomic mass is 35.5. The van der Waals surface area contributed by atoms with Crippen LogP contribution in [0.2, 0.25) is 5.02 Å². The third-order valence-electron chi connectivity index (χ3n) is 5.21. The Balaban J connectivity index is 1.60. The highest BCUT2D eigenvalue weighted by molar-refractivity contribution is 7.89. The van der Waals surface area contributed by atoms with Gasteiger partial charge in [-0.25, -0.2) is 18.4 Å². The second kappa shape index (κ2) is 9.07. The molecule has 2 aliphatic heterocycles. The molecule has 0 spiro atoms. The largest absolute Gasteiger partial charge is 0.465 e. The fourth-order valence-corrected chi connectivity index (χ4v) is 5.44. The summed E-state index contributed by atoms with van der Waals surface area (Å²) in [6, 6.07) is 5.24. The molecule has 0 saturated carbocycles. The molecule has 1 aromatic carbocycles. The monoisotopic (exact) mass is 466 g/mol. The van der Waals surface area contributed by atoms with Crippen LogP contribution in [-0.2, 0) is 30.8 Å². The molecule has 0 amide bonds. The topological polar surface area (TPSA) is 111 Å². The smallest absolute Gasteiger partial charge is 0.321 e. The van der Waals surface area contributed by atoms with Crippen LogP contribution < -0.4 is 5.32 Å². The van der Waals surface area contributed by atoms with Gasteiger partial charge in [0.15, 0.2) is 0 Å². The number of carbonyl (C=O) groups excluding carboxylic acids is 1. The van der Waals surface area contributed by atoms with Gasteiger partial charge in [0.25, 0.3) is 0 Å². The normalized spacial score (nSPS) is 18.5. The highest BCUT2D eigenvalue weighted by Gasteiger charge is 2.36. The number of nitrogens with zero attached hydrogens (tertiary/aromatic N) is 3. The van der Waals surface area contributed by atoms with E-state index in [1.54, 1.807) is 25.1 Å². The Morgan fingerprint density at radius 2 is 2.13 bits per heavy atom. The number of esters is 1. The van der Waals surface area contributed by atoms with Gasteiger partial charge in [0.1, 0.15) is 6.54 Å². The van der Waals surface area contributed by atoms with Crippen LogP contribution in [0.3, 0.4) is 0 Å². The number of anilines is 1. The van der Waals surface area contributed by atoms with Gasteiger partial charge in [-0.1, -0.05) is 23.7 Å². The van der Waals surface area contributed by atoms with Crippen molar-refractivity contribution in [1.82, 2.24) is 14.3 Å². The van der Waals surface area contributed by atoms with Gasteiger partial charge in [0.05, 0.1) is 28.4 Å². The van der Waals surface area contributed by atoms with E-state index in [0.29, 0.717) is 41.0 Å². The van der Waals surface area contributed by atoms with Crippen molar-refractivity contribution >= 4 is 33.5 Å². The fraction of sp³-hybridized carbons (Fsp3) is 0.450. The molecule has 0 radical (unpaired) electrons. The predicted molar refractivity (Wildman–Crippen MR) is 114 cm³/mol. The molecule has 1 aromatic heterocycles. The van der Waals surface area contributed by atoms with Gasteiger partial charge in [-0.15, -0.1) is 0 Å². The number of nitrogens with one attached hydrogen (secondary N) is 1. The average Bonchev–Trinajstić information content (AvgIpc) is 3.00. The number of sulfonamides is 1. The van der Waals surface area contributed by atoms with Crippen molar-refractivity contribution in [2.24, 2.45) is 0 Å². The molecular weight excluding hydrogens is 444 g/mol. The minimum atomic E-state index is -3.82. The van der Waals surface area contributed by atoms with Crippen molar-refractivity contribution in [1.29, 1.82) is 0 Å². The van der Waals surface area contributed by atoms with E-state index in [1.165, 1.54) is 6.20 Å². The molecule has 11 heteroatoms. The zero-order chi connectivity index (χ0) is 22.0. The molecule has 0 atom stereocenters. The predicted octanol–water partition coefficient (Wildman–Crippen LogP) is 2.46. The summed E-state index contributed by atoms with van der Waals surface area (Å²) in [5.41, 5.74) is 1.61. The zero-order valence-electron chi connectivity index (χ0n) is 17.0. The lowest BCUT2D eigenvalue weighted by Gasteiger charge is -2.23. The van der Waals surface area contributed by atoms with Crippen LogP contribution in [0.5, 0.6) is 0 Å². The molecule has 2 aliphatic rings. The maximum Gasteiger partial charge on any atom is 0.321 e. The lowest BCUT2D eigenvalue weighted by atomic mass is 10.1. The Morgan fingerprint density at radius 1 is 1.35 bits per heavy atom. The van der Waals surface area contributed by atoms with Crippen molar-refractivity contribution in [3.05, 3.63) is 35.0 Å². The molecule has 1 saturated heterocycles. The third-order valence-corrected chi connectivity index (χ3v) is 7.37. The van der Waals surface area contributed by atoms with Gasteiger partial charge in [0.2, 0.25) is 16.0 Å². The molecule has 1 N–H and O–H groups in total. The standard InChI is InChI=1S/C20H23ClN4O5S/c1-2-30-18(26)12-25-11-14-4-3-13(9-17(14)31(25,27)28)19-16(21)10-22-20(24-19)23-15-5-7-29-8-6-15/h3-4,9-10,15H,2,5-8,11-12H2,1H3,(H,22,23,24). The van der Waals surface area contributed by atoms with Crippen LogP contribution in [0.15, 0.2) is 29.3 Å². The number of fused-ring (bicyclic) bond motifs is 1. The van der Waals surface area contributed by atoms with E-state index in [1.807, 2.05) is 0 Å². The Labute approximate surface area is 185 Å². The van der Waals surface area contributed by atoms with Crippen molar-refractivity contribution in [3.63, 3.8) is 0 Å². The van der Waals surface area contributed by atoms with E-state index >= 15 is 0 Å². The third kappa shape index (κ3) is 4.67. The number of halogens is 1. The van der Waals surface area contributed by atoms with E-state index in [9.17, 15) is 13.2 Å².